The van der Waals surface area contributed by atoms with Gasteiger partial charge in [0.05, 0.1) is 18.8 Å². The zero-order chi connectivity index (χ0) is 18.4. The molecule has 7 heteroatoms. The van der Waals surface area contributed by atoms with Crippen molar-refractivity contribution in [1.29, 1.82) is 0 Å². The molecule has 2 fully saturated rings. The molecule has 1 aliphatic carbocycles. The van der Waals surface area contributed by atoms with E-state index in [1.807, 2.05) is 0 Å². The Hall–Kier alpha value is -1.99. The summed E-state index contributed by atoms with van der Waals surface area (Å²) < 4.78 is 5.93. The van der Waals surface area contributed by atoms with E-state index in [1.54, 1.807) is 24.4 Å². The molecule has 1 saturated heterocycles. The fourth-order valence-corrected chi connectivity index (χ4v) is 3.42. The summed E-state index contributed by atoms with van der Waals surface area (Å²) in [5, 5.41) is 15.5. The van der Waals surface area contributed by atoms with Gasteiger partial charge in [-0.05, 0) is 44.2 Å². The fraction of sp³-hybridized carbons (Fsp3) is 0.632. The van der Waals surface area contributed by atoms with E-state index in [9.17, 15) is 14.7 Å². The Bertz CT molecular complexity index is 606. The number of hydrogen-bond acceptors (Lipinski definition) is 5. The van der Waals surface area contributed by atoms with Gasteiger partial charge in [-0.1, -0.05) is 12.5 Å². The maximum Gasteiger partial charge on any atom is 0.270 e. The monoisotopic (exact) mass is 361 g/mol. The third kappa shape index (κ3) is 4.80. The molecule has 26 heavy (non-hydrogen) atoms. The molecule has 142 valence electrons. The van der Waals surface area contributed by atoms with Crippen LogP contribution in [0.15, 0.2) is 24.4 Å². The predicted octanol–water partition coefficient (Wildman–Crippen LogP) is 1.03. The molecule has 1 saturated carbocycles. The number of ether oxygens (including phenoxy) is 1. The minimum atomic E-state index is -0.441. The number of aliphatic hydroxyl groups excluding tert-OH is 1. The van der Waals surface area contributed by atoms with Gasteiger partial charge in [-0.25, -0.2) is 0 Å². The second-order valence-corrected chi connectivity index (χ2v) is 7.06. The molecule has 2 heterocycles. The number of hydrogen-bond donors (Lipinski definition) is 3. The van der Waals surface area contributed by atoms with Gasteiger partial charge < -0.3 is 20.5 Å². The molecule has 0 unspecified atom stereocenters. The van der Waals surface area contributed by atoms with E-state index in [0.717, 1.165) is 38.5 Å². The lowest BCUT2D eigenvalue weighted by atomic mass is 9.85. The molecule has 0 radical (unpaired) electrons. The van der Waals surface area contributed by atoms with Crippen LogP contribution < -0.4 is 10.6 Å². The van der Waals surface area contributed by atoms with Crippen molar-refractivity contribution in [3.63, 3.8) is 0 Å². The van der Waals surface area contributed by atoms with Gasteiger partial charge in [0.2, 0.25) is 5.91 Å². The van der Waals surface area contributed by atoms with Crippen molar-refractivity contribution in [2.45, 2.75) is 56.8 Å². The molecular weight excluding hydrogens is 334 g/mol. The topological polar surface area (TPSA) is 101 Å². The highest BCUT2D eigenvalue weighted by Gasteiger charge is 2.32. The van der Waals surface area contributed by atoms with Crippen molar-refractivity contribution in [3.05, 3.63) is 30.1 Å². The van der Waals surface area contributed by atoms with Crippen LogP contribution in [0.25, 0.3) is 0 Å². The summed E-state index contributed by atoms with van der Waals surface area (Å²) in [6, 6.07) is 4.93. The molecule has 0 aromatic carbocycles. The van der Waals surface area contributed by atoms with E-state index < -0.39 is 6.10 Å². The Labute approximate surface area is 153 Å². The average Bonchev–Trinajstić information content (AvgIpc) is 2.62. The van der Waals surface area contributed by atoms with Crippen LogP contribution in [-0.2, 0) is 9.53 Å². The van der Waals surface area contributed by atoms with Crippen molar-refractivity contribution >= 4 is 11.8 Å². The van der Waals surface area contributed by atoms with E-state index in [0.29, 0.717) is 12.2 Å². The number of carbonyl (C=O) groups excluding carboxylic acids is 2. The van der Waals surface area contributed by atoms with E-state index in [-0.39, 0.29) is 36.5 Å². The summed E-state index contributed by atoms with van der Waals surface area (Å²) >= 11 is 0. The number of nitrogens with one attached hydrogen (secondary N) is 2. The van der Waals surface area contributed by atoms with E-state index in [2.05, 4.69) is 15.6 Å². The second-order valence-electron chi connectivity index (χ2n) is 7.06. The lowest BCUT2D eigenvalue weighted by Gasteiger charge is -2.36. The molecule has 1 aromatic heterocycles. The van der Waals surface area contributed by atoms with Crippen LogP contribution >= 0.6 is 0 Å². The first-order valence-corrected chi connectivity index (χ1v) is 9.43. The molecule has 2 aliphatic rings. The van der Waals surface area contributed by atoms with Gasteiger partial charge in [-0.15, -0.1) is 0 Å². The minimum absolute atomic E-state index is 0.0168. The fourth-order valence-electron chi connectivity index (χ4n) is 3.42. The number of aromatic nitrogens is 1. The average molecular weight is 361 g/mol. The lowest BCUT2D eigenvalue weighted by Crippen LogP contribution is -2.51. The van der Waals surface area contributed by atoms with Gasteiger partial charge in [0.15, 0.2) is 0 Å². The van der Waals surface area contributed by atoms with Gasteiger partial charge in [0.25, 0.3) is 5.91 Å². The molecule has 3 atom stereocenters. The first-order valence-electron chi connectivity index (χ1n) is 9.43. The summed E-state index contributed by atoms with van der Waals surface area (Å²) in [6.45, 7) is 0.432. The summed E-state index contributed by atoms with van der Waals surface area (Å²) in [6.07, 6.45) is 6.48. The van der Waals surface area contributed by atoms with E-state index in [4.69, 9.17) is 4.74 Å². The number of carbonyl (C=O) groups is 2. The Morgan fingerprint density at radius 1 is 1.23 bits per heavy atom. The first-order chi connectivity index (χ1) is 12.7. The molecule has 0 spiro atoms. The van der Waals surface area contributed by atoms with Crippen LogP contribution in [0.4, 0.5) is 0 Å². The van der Waals surface area contributed by atoms with E-state index >= 15 is 0 Å². The van der Waals surface area contributed by atoms with Crippen LogP contribution in [-0.4, -0.2) is 53.3 Å². The highest BCUT2D eigenvalue weighted by Crippen LogP contribution is 2.26. The molecule has 3 N–H and O–H groups in total. The minimum Gasteiger partial charge on any atom is -0.394 e. The Morgan fingerprint density at radius 3 is 2.73 bits per heavy atom. The van der Waals surface area contributed by atoms with Crippen molar-refractivity contribution in [2.24, 2.45) is 5.92 Å². The largest absolute Gasteiger partial charge is 0.394 e. The van der Waals surface area contributed by atoms with E-state index in [1.165, 1.54) is 0 Å². The van der Waals surface area contributed by atoms with Crippen LogP contribution in [0.5, 0.6) is 0 Å². The number of amides is 2. The highest BCUT2D eigenvalue weighted by atomic mass is 16.5. The molecule has 3 rings (SSSR count). The second kappa shape index (κ2) is 9.09. The molecule has 0 bridgehead atoms. The molecule has 7 nitrogen and oxygen atoms in total. The highest BCUT2D eigenvalue weighted by molar-refractivity contribution is 5.92. The third-order valence-electron chi connectivity index (χ3n) is 5.25. The standard InChI is InChI=1S/C19H27N3O4/c23-12-17-15(22-19(25)16-6-1-2-10-20-16)8-7-14(26-17)9-11-21-18(24)13-4-3-5-13/h1-2,6,10,13-15,17,23H,3-5,7-9,11-12H2,(H,21,24)(H,22,25)/t14-,15-,17+/m0/s1. The van der Waals surface area contributed by atoms with Gasteiger partial charge >= 0.3 is 0 Å². The van der Waals surface area contributed by atoms with Gasteiger partial charge in [-0.3, -0.25) is 14.6 Å². The zero-order valence-electron chi connectivity index (χ0n) is 14.9. The summed E-state index contributed by atoms with van der Waals surface area (Å²) in [5.41, 5.74) is 0.352. The molecule has 2 amide bonds. The number of pyridine rings is 1. The molecule has 1 aromatic rings. The first kappa shape index (κ1) is 18.8. The maximum atomic E-state index is 12.2. The van der Waals surface area contributed by atoms with Crippen molar-refractivity contribution in [2.75, 3.05) is 13.2 Å². The quantitative estimate of drug-likeness (QED) is 0.673. The number of rotatable bonds is 7. The summed E-state index contributed by atoms with van der Waals surface area (Å²) in [4.78, 5) is 28.1. The predicted molar refractivity (Wildman–Crippen MR) is 95.4 cm³/mol. The van der Waals surface area contributed by atoms with Crippen LogP contribution in [0.3, 0.4) is 0 Å². The smallest absolute Gasteiger partial charge is 0.270 e. The van der Waals surface area contributed by atoms with Crippen LogP contribution in [0, 0.1) is 5.92 Å². The third-order valence-corrected chi connectivity index (χ3v) is 5.25. The van der Waals surface area contributed by atoms with Crippen LogP contribution in [0.2, 0.25) is 0 Å². The Kier molecular flexibility index (Phi) is 6.57. The van der Waals surface area contributed by atoms with Gasteiger partial charge in [0, 0.05) is 18.7 Å². The van der Waals surface area contributed by atoms with Crippen molar-refractivity contribution in [3.8, 4) is 0 Å². The normalized spacial score (nSPS) is 26.0. The van der Waals surface area contributed by atoms with Crippen molar-refractivity contribution in [1.82, 2.24) is 15.6 Å². The summed E-state index contributed by atoms with van der Waals surface area (Å²) in [7, 11) is 0. The maximum absolute atomic E-state index is 12.2. The van der Waals surface area contributed by atoms with Crippen molar-refractivity contribution < 1.29 is 19.4 Å². The number of aliphatic hydroxyl groups is 1. The van der Waals surface area contributed by atoms with Crippen LogP contribution in [0.1, 0.15) is 49.0 Å². The Morgan fingerprint density at radius 2 is 2.08 bits per heavy atom. The molecular formula is C19H27N3O4. The SMILES string of the molecule is O=C(N[C@H]1CC[C@@H](CCNC(=O)C2CCC2)O[C@@H]1CO)c1ccccn1. The lowest BCUT2D eigenvalue weighted by molar-refractivity contribution is -0.127. The number of nitrogens with zero attached hydrogens (tertiary/aromatic N) is 1. The van der Waals surface area contributed by atoms with Gasteiger partial charge in [-0.2, -0.15) is 0 Å². The molecule has 1 aliphatic heterocycles. The summed E-state index contributed by atoms with van der Waals surface area (Å²) in [5.74, 6) is 0.0776. The van der Waals surface area contributed by atoms with Gasteiger partial charge in [0.1, 0.15) is 11.8 Å². The Balaban J connectivity index is 1.43. The zero-order valence-corrected chi connectivity index (χ0v) is 14.9.